The zero-order valence-corrected chi connectivity index (χ0v) is 12.7. The molecule has 0 radical (unpaired) electrons. The first-order valence-corrected chi connectivity index (χ1v) is 7.00. The zero-order valence-electron chi connectivity index (χ0n) is 12.7. The second-order valence-electron chi connectivity index (χ2n) is 4.92. The van der Waals surface area contributed by atoms with Gasteiger partial charge in [-0.2, -0.15) is 0 Å². The summed E-state index contributed by atoms with van der Waals surface area (Å²) in [5, 5.41) is 10.6. The molecule has 0 atom stereocenters. The summed E-state index contributed by atoms with van der Waals surface area (Å²) in [7, 11) is 1.31. The van der Waals surface area contributed by atoms with Crippen molar-refractivity contribution in [2.75, 3.05) is 7.11 Å². The highest BCUT2D eigenvalue weighted by Gasteiger charge is 2.13. The van der Waals surface area contributed by atoms with E-state index in [1.807, 2.05) is 0 Å². The number of nitrogens with zero attached hydrogens (tertiary/aromatic N) is 3. The molecular formula is C16H13N3O5. The van der Waals surface area contributed by atoms with Crippen molar-refractivity contribution < 1.29 is 19.2 Å². The first-order chi connectivity index (χ1) is 11.6. The summed E-state index contributed by atoms with van der Waals surface area (Å²) in [5.41, 5.74) is 1.45. The third-order valence-electron chi connectivity index (χ3n) is 3.37. The summed E-state index contributed by atoms with van der Waals surface area (Å²) in [6.07, 6.45) is 3.51. The van der Waals surface area contributed by atoms with Gasteiger partial charge in [0.2, 0.25) is 0 Å². The molecule has 0 saturated heterocycles. The minimum absolute atomic E-state index is 0.00204. The van der Waals surface area contributed by atoms with E-state index in [9.17, 15) is 14.9 Å². The van der Waals surface area contributed by atoms with Gasteiger partial charge in [-0.1, -0.05) is 0 Å². The van der Waals surface area contributed by atoms with E-state index >= 15 is 0 Å². The zero-order chi connectivity index (χ0) is 17.1. The molecule has 122 valence electrons. The highest BCUT2D eigenvalue weighted by molar-refractivity contribution is 5.95. The number of hydrogen-bond acceptors (Lipinski definition) is 6. The van der Waals surface area contributed by atoms with Crippen LogP contribution in [0.5, 0.6) is 5.75 Å². The number of carbonyl (C=O) groups is 1. The smallest absolute Gasteiger partial charge is 0.341 e. The molecule has 0 aliphatic heterocycles. The molecule has 24 heavy (non-hydrogen) atoms. The Balaban J connectivity index is 1.78. The lowest BCUT2D eigenvalue weighted by Gasteiger charge is -2.03. The van der Waals surface area contributed by atoms with Crippen molar-refractivity contribution in [1.29, 1.82) is 0 Å². The highest BCUT2D eigenvalue weighted by atomic mass is 16.6. The van der Waals surface area contributed by atoms with Crippen molar-refractivity contribution in [2.45, 2.75) is 6.61 Å². The maximum atomic E-state index is 11.7. The standard InChI is InChI=1S/C16H13N3O5/c1-23-16(20)14-3-2-8-18-9-11(17-15(14)18)10-24-13-6-4-12(5-7-13)19(21)22/h2-9H,10H2,1H3. The molecule has 3 aromatic rings. The van der Waals surface area contributed by atoms with Crippen molar-refractivity contribution >= 4 is 17.3 Å². The fraction of sp³-hybridized carbons (Fsp3) is 0.125. The van der Waals surface area contributed by atoms with E-state index in [-0.39, 0.29) is 12.3 Å². The number of benzene rings is 1. The van der Waals surface area contributed by atoms with E-state index in [1.54, 1.807) is 28.9 Å². The van der Waals surface area contributed by atoms with Crippen LogP contribution in [0.2, 0.25) is 0 Å². The van der Waals surface area contributed by atoms with Gasteiger partial charge in [0.1, 0.15) is 17.9 Å². The van der Waals surface area contributed by atoms with Gasteiger partial charge in [-0.25, -0.2) is 9.78 Å². The van der Waals surface area contributed by atoms with Crippen molar-refractivity contribution in [3.63, 3.8) is 0 Å². The summed E-state index contributed by atoms with van der Waals surface area (Å²) in [6.45, 7) is 0.167. The average Bonchev–Trinajstić information content (AvgIpc) is 3.02. The molecule has 0 bridgehead atoms. The second-order valence-corrected chi connectivity index (χ2v) is 4.92. The molecular weight excluding hydrogens is 314 g/mol. The number of hydrogen-bond donors (Lipinski definition) is 0. The number of nitro groups is 1. The number of fused-ring (bicyclic) bond motifs is 1. The Labute approximate surface area is 136 Å². The molecule has 0 saturated carbocycles. The van der Waals surface area contributed by atoms with Gasteiger partial charge in [0, 0.05) is 24.5 Å². The Bertz CT molecular complexity index is 902. The predicted molar refractivity (Wildman–Crippen MR) is 84.0 cm³/mol. The van der Waals surface area contributed by atoms with Crippen molar-refractivity contribution in [1.82, 2.24) is 9.38 Å². The van der Waals surface area contributed by atoms with Gasteiger partial charge < -0.3 is 13.9 Å². The van der Waals surface area contributed by atoms with Gasteiger partial charge in [-0.15, -0.1) is 0 Å². The number of carbonyl (C=O) groups excluding carboxylic acids is 1. The van der Waals surface area contributed by atoms with Crippen LogP contribution in [0, 0.1) is 10.1 Å². The highest BCUT2D eigenvalue weighted by Crippen LogP contribution is 2.19. The van der Waals surface area contributed by atoms with Crippen LogP contribution in [-0.2, 0) is 11.3 Å². The molecule has 1 aromatic carbocycles. The van der Waals surface area contributed by atoms with Gasteiger partial charge in [-0.3, -0.25) is 10.1 Å². The molecule has 2 heterocycles. The Morgan fingerprint density at radius 3 is 2.71 bits per heavy atom. The molecule has 0 aliphatic carbocycles. The first-order valence-electron chi connectivity index (χ1n) is 7.00. The summed E-state index contributed by atoms with van der Waals surface area (Å²) < 4.78 is 12.0. The topological polar surface area (TPSA) is 96.0 Å². The van der Waals surface area contributed by atoms with Crippen LogP contribution in [0.3, 0.4) is 0 Å². The fourth-order valence-electron chi connectivity index (χ4n) is 2.22. The molecule has 2 aromatic heterocycles. The molecule has 3 rings (SSSR count). The molecule has 0 unspecified atom stereocenters. The lowest BCUT2D eigenvalue weighted by Crippen LogP contribution is -2.03. The third-order valence-corrected chi connectivity index (χ3v) is 3.37. The van der Waals surface area contributed by atoms with Crippen molar-refractivity contribution in [3.8, 4) is 5.75 Å². The molecule has 0 aliphatic rings. The molecule has 0 N–H and O–H groups in total. The van der Waals surface area contributed by atoms with Gasteiger partial charge in [-0.05, 0) is 24.3 Å². The number of ether oxygens (including phenoxy) is 2. The van der Waals surface area contributed by atoms with Gasteiger partial charge in [0.25, 0.3) is 5.69 Å². The third kappa shape index (κ3) is 3.02. The second kappa shape index (κ2) is 6.37. The molecule has 8 heteroatoms. The van der Waals surface area contributed by atoms with E-state index in [1.165, 1.54) is 31.4 Å². The average molecular weight is 327 g/mol. The molecule has 8 nitrogen and oxygen atoms in total. The Morgan fingerprint density at radius 1 is 1.29 bits per heavy atom. The minimum Gasteiger partial charge on any atom is -0.487 e. The summed E-state index contributed by atoms with van der Waals surface area (Å²) >= 11 is 0. The number of esters is 1. The number of rotatable bonds is 5. The monoisotopic (exact) mass is 327 g/mol. The van der Waals surface area contributed by atoms with Crippen LogP contribution < -0.4 is 4.74 Å². The first kappa shape index (κ1) is 15.5. The van der Waals surface area contributed by atoms with Gasteiger partial charge >= 0.3 is 5.97 Å². The van der Waals surface area contributed by atoms with E-state index in [0.717, 1.165) is 0 Å². The number of non-ortho nitro benzene ring substituents is 1. The number of imidazole rings is 1. The van der Waals surface area contributed by atoms with E-state index < -0.39 is 10.9 Å². The predicted octanol–water partition coefficient (Wildman–Crippen LogP) is 2.61. The lowest BCUT2D eigenvalue weighted by molar-refractivity contribution is -0.384. The Morgan fingerprint density at radius 2 is 2.04 bits per heavy atom. The van der Waals surface area contributed by atoms with E-state index in [4.69, 9.17) is 9.47 Å². The number of methoxy groups -OCH3 is 1. The van der Waals surface area contributed by atoms with E-state index in [0.29, 0.717) is 22.7 Å². The van der Waals surface area contributed by atoms with Crippen LogP contribution in [-0.4, -0.2) is 27.4 Å². The largest absolute Gasteiger partial charge is 0.487 e. The molecule has 0 spiro atoms. The fourth-order valence-corrected chi connectivity index (χ4v) is 2.22. The summed E-state index contributed by atoms with van der Waals surface area (Å²) in [5.74, 6) is 0.0277. The number of nitro benzene ring substituents is 1. The Kier molecular flexibility index (Phi) is 4.11. The van der Waals surface area contributed by atoms with Crippen LogP contribution in [0.1, 0.15) is 16.1 Å². The van der Waals surface area contributed by atoms with Crippen LogP contribution in [0.15, 0.2) is 48.8 Å². The maximum Gasteiger partial charge on any atom is 0.341 e. The van der Waals surface area contributed by atoms with Crippen LogP contribution in [0.25, 0.3) is 5.65 Å². The summed E-state index contributed by atoms with van der Waals surface area (Å²) in [6, 6.07) is 9.14. The Hall–Kier alpha value is -3.42. The molecule has 0 amide bonds. The van der Waals surface area contributed by atoms with Crippen LogP contribution >= 0.6 is 0 Å². The normalized spacial score (nSPS) is 10.5. The van der Waals surface area contributed by atoms with Gasteiger partial charge in [0.15, 0.2) is 5.65 Å². The minimum atomic E-state index is -0.472. The quantitative estimate of drug-likeness (QED) is 0.406. The van der Waals surface area contributed by atoms with E-state index in [2.05, 4.69) is 4.98 Å². The maximum absolute atomic E-state index is 11.7. The number of pyridine rings is 1. The van der Waals surface area contributed by atoms with Gasteiger partial charge in [0.05, 0.1) is 17.7 Å². The number of aromatic nitrogens is 2. The van der Waals surface area contributed by atoms with Crippen molar-refractivity contribution in [2.24, 2.45) is 0 Å². The summed E-state index contributed by atoms with van der Waals surface area (Å²) in [4.78, 5) is 26.3. The SMILES string of the molecule is COC(=O)c1cccn2cc(COc3ccc([N+](=O)[O-])cc3)nc12. The lowest BCUT2D eigenvalue weighted by atomic mass is 10.3. The van der Waals surface area contributed by atoms with Crippen molar-refractivity contribution in [3.05, 3.63) is 70.2 Å². The molecule has 0 fully saturated rings. The van der Waals surface area contributed by atoms with Crippen LogP contribution in [0.4, 0.5) is 5.69 Å².